The molecule has 1 N–H and O–H groups in total. The highest BCUT2D eigenvalue weighted by molar-refractivity contribution is 5.91. The van der Waals surface area contributed by atoms with E-state index < -0.39 is 0 Å². The molecule has 0 bridgehead atoms. The van der Waals surface area contributed by atoms with Crippen LogP contribution in [0.3, 0.4) is 0 Å². The zero-order valence-electron chi connectivity index (χ0n) is 10.8. The molecule has 2 rings (SSSR count). The third-order valence-corrected chi connectivity index (χ3v) is 3.38. The van der Waals surface area contributed by atoms with Gasteiger partial charge in [-0.1, -0.05) is 18.9 Å². The zero-order valence-corrected chi connectivity index (χ0v) is 10.8. The van der Waals surface area contributed by atoms with Gasteiger partial charge in [0.1, 0.15) is 5.75 Å². The molecule has 1 heterocycles. The fourth-order valence-electron chi connectivity index (χ4n) is 2.29. The number of hydrogen-bond donors (Lipinski definition) is 1. The number of phenols is 1. The lowest BCUT2D eigenvalue weighted by molar-refractivity contribution is 0.208. The fraction of sp³-hybridized carbons (Fsp3) is 0.500. The van der Waals surface area contributed by atoms with Gasteiger partial charge in [-0.25, -0.2) is 4.79 Å². The molecule has 0 unspecified atom stereocenters. The van der Waals surface area contributed by atoms with Crippen LogP contribution in [0.4, 0.5) is 10.5 Å². The van der Waals surface area contributed by atoms with E-state index in [0.717, 1.165) is 31.6 Å². The molecule has 0 aliphatic carbocycles. The molecule has 4 heteroatoms. The molecular formula is C14H20N2O2. The molecule has 1 aliphatic heterocycles. The molecule has 0 atom stereocenters. The smallest absolute Gasteiger partial charge is 0.324 e. The van der Waals surface area contributed by atoms with Crippen LogP contribution in [0.2, 0.25) is 0 Å². The highest BCUT2D eigenvalue weighted by atomic mass is 16.3. The lowest BCUT2D eigenvalue weighted by atomic mass is 10.2. The summed E-state index contributed by atoms with van der Waals surface area (Å²) in [6.07, 6.45) is 4.58. The van der Waals surface area contributed by atoms with Gasteiger partial charge in [-0.3, -0.25) is 4.90 Å². The van der Waals surface area contributed by atoms with E-state index in [9.17, 15) is 9.90 Å². The number of carbonyl (C=O) groups excluding carboxylic acids is 1. The minimum absolute atomic E-state index is 0.0162. The first-order chi connectivity index (χ1) is 8.68. The molecule has 0 aromatic heterocycles. The minimum atomic E-state index is 0.0162. The largest absolute Gasteiger partial charge is 0.508 e. The van der Waals surface area contributed by atoms with E-state index in [0.29, 0.717) is 0 Å². The van der Waals surface area contributed by atoms with Crippen molar-refractivity contribution >= 4 is 11.7 Å². The minimum Gasteiger partial charge on any atom is -0.508 e. The van der Waals surface area contributed by atoms with E-state index in [4.69, 9.17) is 0 Å². The quantitative estimate of drug-likeness (QED) is 0.830. The van der Waals surface area contributed by atoms with Gasteiger partial charge in [0.25, 0.3) is 0 Å². The molecule has 4 nitrogen and oxygen atoms in total. The van der Waals surface area contributed by atoms with Gasteiger partial charge in [-0.05, 0) is 25.0 Å². The zero-order chi connectivity index (χ0) is 13.0. The average Bonchev–Trinajstić information content (AvgIpc) is 2.66. The Kier molecular flexibility index (Phi) is 4.07. The van der Waals surface area contributed by atoms with Crippen LogP contribution in [-0.2, 0) is 0 Å². The predicted molar refractivity (Wildman–Crippen MR) is 71.9 cm³/mol. The molecule has 0 radical (unpaired) electrons. The van der Waals surface area contributed by atoms with Crippen molar-refractivity contribution in [1.29, 1.82) is 0 Å². The number of carbonyl (C=O) groups is 1. The van der Waals surface area contributed by atoms with Crippen LogP contribution in [-0.4, -0.2) is 36.2 Å². The van der Waals surface area contributed by atoms with E-state index >= 15 is 0 Å². The summed E-state index contributed by atoms with van der Waals surface area (Å²) < 4.78 is 0. The van der Waals surface area contributed by atoms with E-state index in [-0.39, 0.29) is 11.8 Å². The second-order valence-electron chi connectivity index (χ2n) is 4.76. The molecule has 1 fully saturated rings. The number of likely N-dealkylation sites (tertiary alicyclic amines) is 1. The lowest BCUT2D eigenvalue weighted by Crippen LogP contribution is -2.41. The summed E-state index contributed by atoms with van der Waals surface area (Å²) in [6, 6.07) is 6.80. The van der Waals surface area contributed by atoms with Crippen LogP contribution in [0.5, 0.6) is 5.75 Å². The molecule has 0 saturated carbocycles. The number of aromatic hydroxyl groups is 1. The van der Waals surface area contributed by atoms with Crippen LogP contribution >= 0.6 is 0 Å². The van der Waals surface area contributed by atoms with Crippen molar-refractivity contribution in [2.45, 2.75) is 25.7 Å². The second-order valence-corrected chi connectivity index (χ2v) is 4.76. The summed E-state index contributed by atoms with van der Waals surface area (Å²) in [5.74, 6) is 0.183. The van der Waals surface area contributed by atoms with Gasteiger partial charge in [0.15, 0.2) is 0 Å². The Morgan fingerprint density at radius 3 is 2.50 bits per heavy atom. The first-order valence-electron chi connectivity index (χ1n) is 6.50. The second kappa shape index (κ2) is 5.76. The molecule has 1 saturated heterocycles. The normalized spacial score (nSPS) is 16.2. The Balaban J connectivity index is 2.07. The third-order valence-electron chi connectivity index (χ3n) is 3.38. The van der Waals surface area contributed by atoms with Crippen molar-refractivity contribution in [1.82, 2.24) is 4.90 Å². The Hall–Kier alpha value is -1.71. The van der Waals surface area contributed by atoms with Crippen LogP contribution < -0.4 is 4.90 Å². The number of phenolic OH excluding ortho intramolecular Hbond substituents is 1. The van der Waals surface area contributed by atoms with Gasteiger partial charge >= 0.3 is 6.03 Å². The molecule has 1 aliphatic rings. The van der Waals surface area contributed by atoms with Gasteiger partial charge in [0, 0.05) is 31.9 Å². The number of rotatable bonds is 1. The van der Waals surface area contributed by atoms with Crippen LogP contribution in [0, 0.1) is 0 Å². The maximum atomic E-state index is 12.3. The molecule has 0 spiro atoms. The predicted octanol–water partition coefficient (Wildman–Crippen LogP) is 2.82. The summed E-state index contributed by atoms with van der Waals surface area (Å²) in [5.41, 5.74) is 0.726. The van der Waals surface area contributed by atoms with Crippen LogP contribution in [0.15, 0.2) is 24.3 Å². The van der Waals surface area contributed by atoms with Crippen molar-refractivity contribution in [2.24, 2.45) is 0 Å². The molecule has 1 aromatic carbocycles. The van der Waals surface area contributed by atoms with Crippen LogP contribution in [0.1, 0.15) is 25.7 Å². The van der Waals surface area contributed by atoms with E-state index in [1.54, 1.807) is 30.1 Å². The summed E-state index contributed by atoms with van der Waals surface area (Å²) >= 11 is 0. The number of urea groups is 1. The van der Waals surface area contributed by atoms with Gasteiger partial charge in [-0.2, -0.15) is 0 Å². The highest BCUT2D eigenvalue weighted by Gasteiger charge is 2.20. The van der Waals surface area contributed by atoms with Gasteiger partial charge < -0.3 is 10.0 Å². The Bertz CT molecular complexity index is 412. The maximum Gasteiger partial charge on any atom is 0.324 e. The first-order valence-corrected chi connectivity index (χ1v) is 6.50. The highest BCUT2D eigenvalue weighted by Crippen LogP contribution is 2.21. The monoisotopic (exact) mass is 248 g/mol. The van der Waals surface area contributed by atoms with Gasteiger partial charge in [0.2, 0.25) is 0 Å². The van der Waals surface area contributed by atoms with Crippen molar-refractivity contribution in [2.75, 3.05) is 25.0 Å². The fourth-order valence-corrected chi connectivity index (χ4v) is 2.29. The molecule has 2 amide bonds. The van der Waals surface area contributed by atoms with Gasteiger partial charge in [0.05, 0.1) is 0 Å². The van der Waals surface area contributed by atoms with E-state index in [1.165, 1.54) is 12.8 Å². The average molecular weight is 248 g/mol. The van der Waals surface area contributed by atoms with Gasteiger partial charge in [-0.15, -0.1) is 0 Å². The summed E-state index contributed by atoms with van der Waals surface area (Å²) in [6.45, 7) is 1.67. The molecule has 98 valence electrons. The topological polar surface area (TPSA) is 43.8 Å². The van der Waals surface area contributed by atoms with Crippen LogP contribution in [0.25, 0.3) is 0 Å². The lowest BCUT2D eigenvalue weighted by Gasteiger charge is -2.27. The molecule has 1 aromatic rings. The SMILES string of the molecule is CN(C(=O)N1CCCCCC1)c1cccc(O)c1. The Morgan fingerprint density at radius 1 is 1.22 bits per heavy atom. The van der Waals surface area contributed by atoms with E-state index in [2.05, 4.69) is 0 Å². The number of benzene rings is 1. The molecule has 18 heavy (non-hydrogen) atoms. The first kappa shape index (κ1) is 12.7. The Labute approximate surface area is 108 Å². The standard InChI is InChI=1S/C14H20N2O2/c1-15(12-7-6-8-13(17)11-12)14(18)16-9-4-2-3-5-10-16/h6-8,11,17H,2-5,9-10H2,1H3. The third kappa shape index (κ3) is 2.94. The summed E-state index contributed by atoms with van der Waals surface area (Å²) in [4.78, 5) is 15.8. The van der Waals surface area contributed by atoms with Crippen molar-refractivity contribution in [3.8, 4) is 5.75 Å². The number of nitrogens with zero attached hydrogens (tertiary/aromatic N) is 2. The number of anilines is 1. The van der Waals surface area contributed by atoms with Crippen molar-refractivity contribution in [3.63, 3.8) is 0 Å². The van der Waals surface area contributed by atoms with E-state index in [1.807, 2.05) is 11.0 Å². The van der Waals surface area contributed by atoms with Crippen molar-refractivity contribution in [3.05, 3.63) is 24.3 Å². The summed E-state index contributed by atoms with van der Waals surface area (Å²) in [7, 11) is 1.75. The van der Waals surface area contributed by atoms with Crippen molar-refractivity contribution < 1.29 is 9.90 Å². The summed E-state index contributed by atoms with van der Waals surface area (Å²) in [5, 5.41) is 9.45. The number of hydrogen-bond acceptors (Lipinski definition) is 2. The number of amides is 2. The maximum absolute atomic E-state index is 12.3. The Morgan fingerprint density at radius 2 is 1.89 bits per heavy atom. The molecular weight excluding hydrogens is 228 g/mol.